The van der Waals surface area contributed by atoms with Gasteiger partial charge in [0.2, 0.25) is 0 Å². The van der Waals surface area contributed by atoms with Crippen LogP contribution in [0.15, 0.2) is 119 Å². The van der Waals surface area contributed by atoms with Crippen LogP contribution in [0, 0.1) is 0 Å². The molecule has 0 atom stereocenters. The van der Waals surface area contributed by atoms with E-state index in [0.29, 0.717) is 0 Å². The number of thiazole rings is 1. The number of rotatable bonds is 5. The maximum absolute atomic E-state index is 4.94. The number of fused-ring (bicyclic) bond motifs is 1. The molecule has 6 rings (SSSR count). The minimum absolute atomic E-state index is 0.733. The van der Waals surface area contributed by atoms with Gasteiger partial charge in [-0.15, -0.1) is 11.3 Å². The maximum Gasteiger partial charge on any atom is 0.159 e. The second-order valence-corrected chi connectivity index (χ2v) is 9.64. The predicted molar refractivity (Wildman–Crippen MR) is 141 cm³/mol. The van der Waals surface area contributed by atoms with Gasteiger partial charge in [0.05, 0.1) is 6.20 Å². The lowest BCUT2D eigenvalue weighted by molar-refractivity contribution is 0.472. The van der Waals surface area contributed by atoms with E-state index >= 15 is 0 Å². The zero-order valence-corrected chi connectivity index (χ0v) is 20.4. The molecule has 0 fully saturated rings. The molecule has 3 aromatic heterocycles. The van der Waals surface area contributed by atoms with E-state index in [1.54, 1.807) is 11.3 Å². The molecule has 0 aliphatic heterocycles. The molecule has 0 N–H and O–H groups in total. The van der Waals surface area contributed by atoms with E-state index in [1.165, 1.54) is 0 Å². The van der Waals surface area contributed by atoms with Gasteiger partial charge in [-0.3, -0.25) is 0 Å². The van der Waals surface area contributed by atoms with Gasteiger partial charge in [-0.2, -0.15) is 5.10 Å². The minimum Gasteiger partial charge on any atom is -0.237 e. The summed E-state index contributed by atoms with van der Waals surface area (Å²) < 4.78 is 2.90. The Balaban J connectivity index is 1.73. The first kappa shape index (κ1) is 21.0. The number of hydrogen-bond donors (Lipinski definition) is 0. The van der Waals surface area contributed by atoms with Crippen molar-refractivity contribution in [1.82, 2.24) is 19.7 Å². The first-order valence-electron chi connectivity index (χ1n) is 10.9. The summed E-state index contributed by atoms with van der Waals surface area (Å²) in [5, 5.41) is 8.91. The number of nitrogens with zero attached hydrogens (tertiary/aromatic N) is 4. The van der Waals surface area contributed by atoms with Crippen LogP contribution < -0.4 is 0 Å². The summed E-state index contributed by atoms with van der Waals surface area (Å²) in [7, 11) is 0. The Bertz CT molecular complexity index is 1530. The molecule has 4 nitrogen and oxygen atoms in total. The van der Waals surface area contributed by atoms with Crippen LogP contribution in [-0.4, -0.2) is 19.7 Å². The zero-order valence-electron chi connectivity index (χ0n) is 18.0. The van der Waals surface area contributed by atoms with E-state index in [2.05, 4.69) is 104 Å². The largest absolute Gasteiger partial charge is 0.237 e. The summed E-state index contributed by atoms with van der Waals surface area (Å²) in [5.74, 6) is 0. The molecule has 164 valence electrons. The fourth-order valence-electron chi connectivity index (χ4n) is 4.60. The fraction of sp³-hybridized carbons (Fsp3) is 0.0357. The van der Waals surface area contributed by atoms with Gasteiger partial charge in [-0.05, 0) is 50.8 Å². The summed E-state index contributed by atoms with van der Waals surface area (Å²) in [6.45, 7) is 0. The monoisotopic (exact) mass is 522 g/mol. The van der Waals surface area contributed by atoms with Gasteiger partial charge >= 0.3 is 0 Å². The van der Waals surface area contributed by atoms with Gasteiger partial charge < -0.3 is 0 Å². The van der Waals surface area contributed by atoms with E-state index in [0.717, 1.165) is 42.9 Å². The molecule has 6 aromatic rings. The lowest BCUT2D eigenvalue weighted by Gasteiger charge is -2.36. The second kappa shape index (κ2) is 8.63. The Morgan fingerprint density at radius 2 is 1.47 bits per heavy atom. The van der Waals surface area contributed by atoms with Gasteiger partial charge in [0.15, 0.2) is 5.65 Å². The molecule has 34 heavy (non-hydrogen) atoms. The Morgan fingerprint density at radius 3 is 2.15 bits per heavy atom. The highest BCUT2D eigenvalue weighted by Crippen LogP contribution is 2.43. The number of hydrogen-bond acceptors (Lipinski definition) is 4. The van der Waals surface area contributed by atoms with E-state index in [4.69, 9.17) is 10.1 Å². The molecule has 0 bridgehead atoms. The number of aromatic nitrogens is 4. The Morgan fingerprint density at radius 1 is 0.765 bits per heavy atom. The van der Waals surface area contributed by atoms with Crippen molar-refractivity contribution in [2.24, 2.45) is 0 Å². The quantitative estimate of drug-likeness (QED) is 0.225. The summed E-state index contributed by atoms with van der Waals surface area (Å²) in [5.41, 5.74) is 4.46. The third kappa shape index (κ3) is 3.38. The van der Waals surface area contributed by atoms with Crippen LogP contribution >= 0.6 is 27.3 Å². The van der Waals surface area contributed by atoms with Gasteiger partial charge in [0.25, 0.3) is 0 Å². The predicted octanol–water partition coefficient (Wildman–Crippen LogP) is 7.16. The number of halogens is 1. The molecular formula is C28H19BrN4S. The topological polar surface area (TPSA) is 43.6 Å². The zero-order chi connectivity index (χ0) is 23.0. The lowest BCUT2D eigenvalue weighted by Crippen LogP contribution is -2.38. The van der Waals surface area contributed by atoms with Crippen molar-refractivity contribution in [3.63, 3.8) is 0 Å². The highest BCUT2D eigenvalue weighted by atomic mass is 79.9. The highest BCUT2D eigenvalue weighted by molar-refractivity contribution is 9.10. The molecular weight excluding hydrogens is 504 g/mol. The van der Waals surface area contributed by atoms with Crippen molar-refractivity contribution in [2.75, 3.05) is 0 Å². The average molecular weight is 523 g/mol. The SMILES string of the molecule is Brc1csc(-c2cccc(C(c3ccccc3)(c3ccccc3)n3ncc4cccnc43)c2)n1. The van der Waals surface area contributed by atoms with Crippen LogP contribution in [0.25, 0.3) is 21.6 Å². The molecule has 3 aromatic carbocycles. The molecule has 6 heteroatoms. The average Bonchev–Trinajstić information content (AvgIpc) is 3.53. The first-order valence-corrected chi connectivity index (χ1v) is 12.6. The molecule has 0 aliphatic rings. The van der Waals surface area contributed by atoms with Crippen molar-refractivity contribution in [3.8, 4) is 10.6 Å². The van der Waals surface area contributed by atoms with Crippen molar-refractivity contribution in [3.05, 3.63) is 136 Å². The minimum atomic E-state index is -0.733. The molecule has 0 aliphatic carbocycles. The number of benzene rings is 3. The Kier molecular flexibility index (Phi) is 5.32. The summed E-state index contributed by atoms with van der Waals surface area (Å²) >= 11 is 5.12. The molecule has 0 spiro atoms. The Hall–Kier alpha value is -3.61. The third-order valence-corrected chi connectivity index (χ3v) is 7.63. The van der Waals surface area contributed by atoms with Crippen LogP contribution in [0.1, 0.15) is 16.7 Å². The summed E-state index contributed by atoms with van der Waals surface area (Å²) in [4.78, 5) is 9.41. The number of pyridine rings is 1. The lowest BCUT2D eigenvalue weighted by atomic mass is 9.76. The standard InChI is InChI=1S/C28H19BrN4S/c29-25-19-34-27(32-25)20-9-7-15-24(17-20)28(22-11-3-1-4-12-22,23-13-5-2-6-14-23)33-26-21(18-31-33)10-8-16-30-26/h1-19H. The summed E-state index contributed by atoms with van der Waals surface area (Å²) in [6.07, 6.45) is 3.72. The molecule has 0 saturated carbocycles. The van der Waals surface area contributed by atoms with E-state index in [1.807, 2.05) is 36.0 Å². The van der Waals surface area contributed by atoms with Crippen LogP contribution in [0.2, 0.25) is 0 Å². The van der Waals surface area contributed by atoms with Gasteiger partial charge in [0, 0.05) is 22.5 Å². The van der Waals surface area contributed by atoms with Crippen LogP contribution in [0.5, 0.6) is 0 Å². The molecule has 0 amide bonds. The van der Waals surface area contributed by atoms with Gasteiger partial charge in [-0.1, -0.05) is 78.9 Å². The van der Waals surface area contributed by atoms with Crippen molar-refractivity contribution in [2.45, 2.75) is 5.54 Å². The smallest absolute Gasteiger partial charge is 0.159 e. The normalized spacial score (nSPS) is 11.7. The van der Waals surface area contributed by atoms with Gasteiger partial charge in [-0.25, -0.2) is 14.6 Å². The fourth-order valence-corrected chi connectivity index (χ4v) is 5.85. The van der Waals surface area contributed by atoms with Crippen molar-refractivity contribution >= 4 is 38.3 Å². The molecule has 3 heterocycles. The van der Waals surface area contributed by atoms with Crippen molar-refractivity contribution in [1.29, 1.82) is 0 Å². The van der Waals surface area contributed by atoms with Crippen LogP contribution in [0.4, 0.5) is 0 Å². The molecule has 0 radical (unpaired) electrons. The summed E-state index contributed by atoms with van der Waals surface area (Å²) in [6, 6.07) is 33.6. The molecule has 0 unspecified atom stereocenters. The van der Waals surface area contributed by atoms with Crippen molar-refractivity contribution < 1.29 is 0 Å². The Labute approximate surface area is 209 Å². The first-order chi connectivity index (χ1) is 16.8. The second-order valence-electron chi connectivity index (χ2n) is 7.97. The van der Waals surface area contributed by atoms with Gasteiger partial charge in [0.1, 0.15) is 15.1 Å². The highest BCUT2D eigenvalue weighted by Gasteiger charge is 2.40. The van der Waals surface area contributed by atoms with Crippen LogP contribution in [0.3, 0.4) is 0 Å². The third-order valence-electron chi connectivity index (χ3n) is 6.03. The maximum atomic E-state index is 4.94. The van der Waals surface area contributed by atoms with E-state index < -0.39 is 5.54 Å². The van der Waals surface area contributed by atoms with Crippen LogP contribution in [-0.2, 0) is 5.54 Å². The molecule has 0 saturated heterocycles. The van der Waals surface area contributed by atoms with E-state index in [9.17, 15) is 0 Å². The van der Waals surface area contributed by atoms with E-state index in [-0.39, 0.29) is 0 Å².